The van der Waals surface area contributed by atoms with Crippen LogP contribution in [0.5, 0.6) is 0 Å². The lowest BCUT2D eigenvalue weighted by atomic mass is 10.3. The average Bonchev–Trinajstić information content (AvgIpc) is 2.22. The largest absolute Gasteiger partial charge is 0.340 e. The molecule has 0 saturated heterocycles. The smallest absolute Gasteiger partial charge is 0.224 e. The zero-order valence-corrected chi connectivity index (χ0v) is 10.5. The highest BCUT2D eigenvalue weighted by atomic mass is 127. The summed E-state index contributed by atoms with van der Waals surface area (Å²) < 4.78 is 1.19. The van der Waals surface area contributed by atoms with Gasteiger partial charge in [-0.1, -0.05) is 0 Å². The van der Waals surface area contributed by atoms with Crippen LogP contribution in [0.4, 0.5) is 11.5 Å². The fourth-order valence-corrected chi connectivity index (χ4v) is 1.59. The summed E-state index contributed by atoms with van der Waals surface area (Å²) in [7, 11) is 0. The van der Waals surface area contributed by atoms with Gasteiger partial charge in [-0.05, 0) is 64.5 Å². The van der Waals surface area contributed by atoms with E-state index >= 15 is 0 Å². The fourth-order valence-electron chi connectivity index (χ4n) is 1.09. The summed E-state index contributed by atoms with van der Waals surface area (Å²) in [6.07, 6.45) is 1.62. The van der Waals surface area contributed by atoms with Crippen LogP contribution in [-0.2, 0) is 0 Å². The van der Waals surface area contributed by atoms with Crippen LogP contribution in [-0.4, -0.2) is 9.97 Å². The maximum absolute atomic E-state index is 5.67. The molecular weight excluding hydrogens is 324 g/mol. The van der Waals surface area contributed by atoms with Crippen LogP contribution < -0.4 is 5.32 Å². The van der Waals surface area contributed by atoms with Gasteiger partial charge in [-0.2, -0.15) is 0 Å². The van der Waals surface area contributed by atoms with Gasteiger partial charge >= 0.3 is 0 Å². The molecule has 0 fully saturated rings. The van der Waals surface area contributed by atoms with Crippen molar-refractivity contribution in [1.29, 1.82) is 0 Å². The minimum atomic E-state index is 0.241. The van der Waals surface area contributed by atoms with E-state index in [1.807, 2.05) is 24.3 Å². The predicted octanol–water partition coefficient (Wildman–Crippen LogP) is 3.48. The molecule has 0 unspecified atom stereocenters. The highest BCUT2D eigenvalue weighted by molar-refractivity contribution is 14.1. The van der Waals surface area contributed by atoms with Crippen molar-refractivity contribution >= 4 is 45.7 Å². The Bertz CT molecular complexity index is 458. The molecule has 0 saturated carbocycles. The lowest BCUT2D eigenvalue weighted by molar-refractivity contribution is 1.17. The number of hydrogen-bond acceptors (Lipinski definition) is 3. The molecule has 15 heavy (non-hydrogen) atoms. The first kappa shape index (κ1) is 10.6. The number of rotatable bonds is 2. The molecular formula is C10H7ClIN3. The van der Waals surface area contributed by atoms with Gasteiger partial charge in [-0.15, -0.1) is 0 Å². The van der Waals surface area contributed by atoms with Gasteiger partial charge in [-0.25, -0.2) is 9.97 Å². The zero-order chi connectivity index (χ0) is 10.7. The normalized spacial score (nSPS) is 10.0. The van der Waals surface area contributed by atoms with Crippen LogP contribution in [0.15, 0.2) is 36.5 Å². The van der Waals surface area contributed by atoms with Crippen molar-refractivity contribution in [2.75, 3.05) is 5.32 Å². The minimum absolute atomic E-state index is 0.241. The van der Waals surface area contributed by atoms with Crippen LogP contribution in [0.1, 0.15) is 0 Å². The number of nitrogens with one attached hydrogen (secondary N) is 1. The van der Waals surface area contributed by atoms with E-state index in [0.717, 1.165) is 5.69 Å². The summed E-state index contributed by atoms with van der Waals surface area (Å²) in [4.78, 5) is 7.84. The van der Waals surface area contributed by atoms with Crippen LogP contribution in [0, 0.1) is 3.57 Å². The standard InChI is InChI=1S/C10H7ClIN3/c11-10-13-6-5-9(15-10)14-8-3-1-7(12)2-4-8/h1-6H,(H,13,14,15). The van der Waals surface area contributed by atoms with E-state index in [1.165, 1.54) is 3.57 Å². The molecule has 3 nitrogen and oxygen atoms in total. The van der Waals surface area contributed by atoms with Gasteiger partial charge in [0, 0.05) is 15.5 Å². The van der Waals surface area contributed by atoms with Crippen LogP contribution >= 0.6 is 34.2 Å². The molecule has 0 bridgehead atoms. The van der Waals surface area contributed by atoms with E-state index in [0.29, 0.717) is 5.82 Å². The van der Waals surface area contributed by atoms with Gasteiger partial charge < -0.3 is 5.32 Å². The fraction of sp³-hybridized carbons (Fsp3) is 0. The van der Waals surface area contributed by atoms with Crippen LogP contribution in [0.3, 0.4) is 0 Å². The summed E-state index contributed by atoms with van der Waals surface area (Å²) in [5.74, 6) is 0.691. The maximum atomic E-state index is 5.67. The Morgan fingerprint density at radius 3 is 2.53 bits per heavy atom. The molecule has 1 aromatic heterocycles. The Hall–Kier alpha value is -0.880. The van der Waals surface area contributed by atoms with E-state index in [9.17, 15) is 0 Å². The summed E-state index contributed by atoms with van der Waals surface area (Å²) in [5.41, 5.74) is 0.977. The maximum Gasteiger partial charge on any atom is 0.224 e. The first-order valence-electron chi connectivity index (χ1n) is 4.25. The zero-order valence-electron chi connectivity index (χ0n) is 7.61. The number of anilines is 2. The first-order valence-corrected chi connectivity index (χ1v) is 5.71. The molecule has 1 heterocycles. The molecule has 1 aromatic carbocycles. The molecule has 2 aromatic rings. The van der Waals surface area contributed by atoms with Crippen molar-refractivity contribution < 1.29 is 0 Å². The Balaban J connectivity index is 2.18. The second-order valence-corrected chi connectivity index (χ2v) is 4.43. The number of nitrogens with zero attached hydrogens (tertiary/aromatic N) is 2. The second kappa shape index (κ2) is 4.76. The molecule has 0 aliphatic heterocycles. The van der Waals surface area contributed by atoms with Crippen molar-refractivity contribution in [3.8, 4) is 0 Å². The highest BCUT2D eigenvalue weighted by Crippen LogP contribution is 2.16. The third-order valence-corrected chi connectivity index (χ3v) is 2.64. The minimum Gasteiger partial charge on any atom is -0.340 e. The molecule has 0 aliphatic rings. The molecule has 1 N–H and O–H groups in total. The van der Waals surface area contributed by atoms with Crippen molar-refractivity contribution in [3.05, 3.63) is 45.4 Å². The molecule has 0 atom stereocenters. The quantitative estimate of drug-likeness (QED) is 0.676. The Morgan fingerprint density at radius 1 is 1.13 bits per heavy atom. The molecule has 0 spiro atoms. The lowest BCUT2D eigenvalue weighted by Crippen LogP contribution is -1.94. The third-order valence-electron chi connectivity index (χ3n) is 1.74. The predicted molar refractivity (Wildman–Crippen MR) is 69.5 cm³/mol. The summed E-state index contributed by atoms with van der Waals surface area (Å²) >= 11 is 7.93. The third kappa shape index (κ3) is 3.04. The molecule has 0 aliphatic carbocycles. The lowest BCUT2D eigenvalue weighted by Gasteiger charge is -2.04. The molecule has 0 radical (unpaired) electrons. The summed E-state index contributed by atoms with van der Waals surface area (Å²) in [6, 6.07) is 9.77. The second-order valence-electron chi connectivity index (χ2n) is 2.84. The van der Waals surface area contributed by atoms with Crippen molar-refractivity contribution in [1.82, 2.24) is 9.97 Å². The first-order chi connectivity index (χ1) is 7.24. The van der Waals surface area contributed by atoms with E-state index < -0.39 is 0 Å². The Labute approximate surface area is 106 Å². The van der Waals surface area contributed by atoms with Gasteiger partial charge in [0.2, 0.25) is 5.28 Å². The molecule has 76 valence electrons. The van der Waals surface area contributed by atoms with Crippen molar-refractivity contribution in [2.24, 2.45) is 0 Å². The van der Waals surface area contributed by atoms with Gasteiger partial charge in [0.1, 0.15) is 5.82 Å². The van der Waals surface area contributed by atoms with Crippen molar-refractivity contribution in [2.45, 2.75) is 0 Å². The van der Waals surface area contributed by atoms with E-state index in [4.69, 9.17) is 11.6 Å². The Morgan fingerprint density at radius 2 is 1.87 bits per heavy atom. The van der Waals surface area contributed by atoms with Gasteiger partial charge in [0.15, 0.2) is 0 Å². The molecule has 2 rings (SSSR count). The Kier molecular flexibility index (Phi) is 3.37. The number of halogens is 2. The topological polar surface area (TPSA) is 37.8 Å². The number of aromatic nitrogens is 2. The van der Waals surface area contributed by atoms with E-state index in [2.05, 4.69) is 37.9 Å². The van der Waals surface area contributed by atoms with Crippen LogP contribution in [0.2, 0.25) is 5.28 Å². The molecule has 5 heteroatoms. The SMILES string of the molecule is Clc1nccc(Nc2ccc(I)cc2)n1. The summed E-state index contributed by atoms with van der Waals surface area (Å²) in [6.45, 7) is 0. The average molecular weight is 332 g/mol. The van der Waals surface area contributed by atoms with Crippen LogP contribution in [0.25, 0.3) is 0 Å². The molecule has 0 amide bonds. The van der Waals surface area contributed by atoms with E-state index in [1.54, 1.807) is 12.3 Å². The number of benzene rings is 1. The van der Waals surface area contributed by atoms with Gasteiger partial charge in [-0.3, -0.25) is 0 Å². The van der Waals surface area contributed by atoms with E-state index in [-0.39, 0.29) is 5.28 Å². The highest BCUT2D eigenvalue weighted by Gasteiger charge is 1.97. The van der Waals surface area contributed by atoms with Gasteiger partial charge in [0.25, 0.3) is 0 Å². The van der Waals surface area contributed by atoms with Gasteiger partial charge in [0.05, 0.1) is 0 Å². The monoisotopic (exact) mass is 331 g/mol. The van der Waals surface area contributed by atoms with Crippen molar-refractivity contribution in [3.63, 3.8) is 0 Å². The summed E-state index contributed by atoms with van der Waals surface area (Å²) in [5, 5.41) is 3.37. The number of hydrogen-bond donors (Lipinski definition) is 1.